The number of carbonyl (C=O) groups excluding carboxylic acids is 1. The fourth-order valence-corrected chi connectivity index (χ4v) is 2.14. The van der Waals surface area contributed by atoms with Crippen molar-refractivity contribution < 1.29 is 9.53 Å². The van der Waals surface area contributed by atoms with Gasteiger partial charge in [-0.05, 0) is 25.0 Å². The van der Waals surface area contributed by atoms with Crippen molar-refractivity contribution in [1.29, 1.82) is 0 Å². The lowest BCUT2D eigenvalue weighted by Gasteiger charge is -2.18. The number of anilines is 1. The third-order valence-electron chi connectivity index (χ3n) is 3.24. The van der Waals surface area contributed by atoms with Crippen molar-refractivity contribution >= 4 is 27.5 Å². The number of carbonyl (C=O) groups is 1. The predicted octanol–water partition coefficient (Wildman–Crippen LogP) is 3.17. The fourth-order valence-electron chi connectivity index (χ4n) is 1.66. The van der Waals surface area contributed by atoms with E-state index in [0.29, 0.717) is 12.5 Å². The number of ether oxygens (including phenoxy) is 1. The molecular formula is C15H23BrN2O2. The Hall–Kier alpha value is -1.07. The third-order valence-corrected chi connectivity index (χ3v) is 3.98. The molecule has 112 valence electrons. The molecule has 0 heterocycles. The molecular weight excluding hydrogens is 320 g/mol. The monoisotopic (exact) mass is 342 g/mol. The van der Waals surface area contributed by atoms with Gasteiger partial charge in [0.1, 0.15) is 0 Å². The highest BCUT2D eigenvalue weighted by atomic mass is 79.9. The van der Waals surface area contributed by atoms with Gasteiger partial charge in [0.25, 0.3) is 0 Å². The van der Waals surface area contributed by atoms with Crippen LogP contribution in [0.4, 0.5) is 5.69 Å². The minimum atomic E-state index is -0.00505. The highest BCUT2D eigenvalue weighted by Crippen LogP contribution is 2.25. The van der Waals surface area contributed by atoms with Crippen LogP contribution >= 0.6 is 15.9 Å². The number of amides is 1. The molecule has 5 heteroatoms. The summed E-state index contributed by atoms with van der Waals surface area (Å²) in [7, 11) is 1.65. The molecule has 0 spiro atoms. The van der Waals surface area contributed by atoms with Gasteiger partial charge in [0.2, 0.25) is 5.91 Å². The maximum atomic E-state index is 11.9. The van der Waals surface area contributed by atoms with Gasteiger partial charge in [-0.2, -0.15) is 0 Å². The summed E-state index contributed by atoms with van der Waals surface area (Å²) in [6.07, 6.45) is 0. The van der Waals surface area contributed by atoms with Crippen LogP contribution in [0.1, 0.15) is 26.3 Å². The summed E-state index contributed by atoms with van der Waals surface area (Å²) in [6.45, 7) is 6.93. The summed E-state index contributed by atoms with van der Waals surface area (Å²) in [5.41, 5.74) is 1.92. The molecule has 1 aromatic rings. The number of benzene rings is 1. The van der Waals surface area contributed by atoms with Crippen LogP contribution in [0.5, 0.6) is 0 Å². The lowest BCUT2D eigenvalue weighted by atomic mass is 10.1. The number of hydrogen-bond acceptors (Lipinski definition) is 3. The third kappa shape index (κ3) is 5.13. The summed E-state index contributed by atoms with van der Waals surface area (Å²) in [5.74, 6) is 0.420. The van der Waals surface area contributed by atoms with E-state index in [9.17, 15) is 4.79 Å². The zero-order valence-corrected chi connectivity index (χ0v) is 14.1. The molecule has 1 aromatic carbocycles. The van der Waals surface area contributed by atoms with Gasteiger partial charge >= 0.3 is 0 Å². The van der Waals surface area contributed by atoms with Crippen LogP contribution in [0.2, 0.25) is 0 Å². The first-order chi connectivity index (χ1) is 9.45. The predicted molar refractivity (Wildman–Crippen MR) is 85.8 cm³/mol. The minimum absolute atomic E-state index is 0.00505. The summed E-state index contributed by atoms with van der Waals surface area (Å²) in [6, 6.07) is 6.00. The molecule has 2 N–H and O–H groups in total. The van der Waals surface area contributed by atoms with E-state index in [1.54, 1.807) is 7.11 Å². The second-order valence-corrected chi connectivity index (χ2v) is 6.01. The second-order valence-electron chi connectivity index (χ2n) is 5.15. The van der Waals surface area contributed by atoms with Crippen molar-refractivity contribution in [2.75, 3.05) is 19.0 Å². The molecule has 0 aliphatic rings. The second kappa shape index (κ2) is 8.27. The lowest BCUT2D eigenvalue weighted by Crippen LogP contribution is -2.39. The van der Waals surface area contributed by atoms with E-state index in [2.05, 4.69) is 40.4 Å². The number of nitrogens with one attached hydrogen (secondary N) is 2. The van der Waals surface area contributed by atoms with Gasteiger partial charge in [0.15, 0.2) is 0 Å². The first-order valence-corrected chi connectivity index (χ1v) is 7.54. The Morgan fingerprint density at radius 2 is 2.05 bits per heavy atom. The van der Waals surface area contributed by atoms with Crippen molar-refractivity contribution in [1.82, 2.24) is 5.32 Å². The van der Waals surface area contributed by atoms with Crippen molar-refractivity contribution in [2.24, 2.45) is 5.92 Å². The fraction of sp³-hybridized carbons (Fsp3) is 0.533. The summed E-state index contributed by atoms with van der Waals surface area (Å²) in [5, 5.41) is 6.13. The summed E-state index contributed by atoms with van der Waals surface area (Å²) >= 11 is 3.49. The highest BCUT2D eigenvalue weighted by molar-refractivity contribution is 9.10. The highest BCUT2D eigenvalue weighted by Gasteiger charge is 2.12. The molecule has 20 heavy (non-hydrogen) atoms. The van der Waals surface area contributed by atoms with Crippen LogP contribution in [0, 0.1) is 5.92 Å². The molecule has 0 saturated heterocycles. The van der Waals surface area contributed by atoms with E-state index in [4.69, 9.17) is 4.74 Å². The van der Waals surface area contributed by atoms with Crippen LogP contribution in [0.25, 0.3) is 0 Å². The van der Waals surface area contributed by atoms with Gasteiger partial charge < -0.3 is 15.4 Å². The first-order valence-electron chi connectivity index (χ1n) is 6.75. The molecule has 0 fully saturated rings. The Morgan fingerprint density at radius 3 is 2.65 bits per heavy atom. The smallest absolute Gasteiger partial charge is 0.239 e. The molecule has 4 nitrogen and oxygen atoms in total. The standard InChI is InChI=1S/C15H23BrN2O2/c1-10(2)11(3)18-15(19)8-17-14-7-5-6-13(16)12(14)9-20-4/h5-7,10-11,17H,8-9H2,1-4H3,(H,18,19). The van der Waals surface area contributed by atoms with E-state index >= 15 is 0 Å². The van der Waals surface area contributed by atoms with Crippen LogP contribution in [0.15, 0.2) is 22.7 Å². The first kappa shape index (κ1) is 17.0. The molecule has 1 unspecified atom stereocenters. The van der Waals surface area contributed by atoms with Gasteiger partial charge in [-0.25, -0.2) is 0 Å². The topological polar surface area (TPSA) is 50.4 Å². The van der Waals surface area contributed by atoms with Gasteiger partial charge in [0.05, 0.1) is 13.2 Å². The lowest BCUT2D eigenvalue weighted by molar-refractivity contribution is -0.120. The maximum Gasteiger partial charge on any atom is 0.239 e. The summed E-state index contributed by atoms with van der Waals surface area (Å²) in [4.78, 5) is 11.9. The van der Waals surface area contributed by atoms with Gasteiger partial charge in [-0.1, -0.05) is 35.8 Å². The van der Waals surface area contributed by atoms with E-state index in [1.165, 1.54) is 0 Å². The van der Waals surface area contributed by atoms with Crippen LogP contribution in [0.3, 0.4) is 0 Å². The Labute approximate surface area is 129 Å². The van der Waals surface area contributed by atoms with E-state index in [1.807, 2.05) is 25.1 Å². The Bertz CT molecular complexity index is 449. The van der Waals surface area contributed by atoms with E-state index < -0.39 is 0 Å². The Kier molecular flexibility index (Phi) is 7.02. The normalized spacial score (nSPS) is 12.3. The number of hydrogen-bond donors (Lipinski definition) is 2. The molecule has 1 amide bonds. The largest absolute Gasteiger partial charge is 0.380 e. The van der Waals surface area contributed by atoms with Crippen molar-refractivity contribution in [3.63, 3.8) is 0 Å². The SMILES string of the molecule is COCc1c(Br)cccc1NCC(=O)NC(C)C(C)C. The Balaban J connectivity index is 2.61. The molecule has 0 aliphatic heterocycles. The number of methoxy groups -OCH3 is 1. The van der Waals surface area contributed by atoms with Crippen molar-refractivity contribution in [3.8, 4) is 0 Å². The van der Waals surface area contributed by atoms with Gasteiger partial charge in [0, 0.05) is 28.9 Å². The van der Waals surface area contributed by atoms with Gasteiger partial charge in [-0.15, -0.1) is 0 Å². The Morgan fingerprint density at radius 1 is 1.35 bits per heavy atom. The molecule has 1 atom stereocenters. The molecule has 1 rings (SSSR count). The summed E-state index contributed by atoms with van der Waals surface area (Å²) < 4.78 is 6.15. The molecule has 0 radical (unpaired) electrons. The minimum Gasteiger partial charge on any atom is -0.380 e. The van der Waals surface area contributed by atoms with Gasteiger partial charge in [-0.3, -0.25) is 4.79 Å². The van der Waals surface area contributed by atoms with Crippen LogP contribution < -0.4 is 10.6 Å². The average Bonchev–Trinajstić information content (AvgIpc) is 2.39. The zero-order valence-electron chi connectivity index (χ0n) is 12.5. The molecule has 0 saturated carbocycles. The maximum absolute atomic E-state index is 11.9. The number of halogens is 1. The van der Waals surface area contributed by atoms with Crippen LogP contribution in [-0.2, 0) is 16.1 Å². The average molecular weight is 343 g/mol. The number of rotatable bonds is 7. The zero-order chi connectivity index (χ0) is 15.1. The van der Waals surface area contributed by atoms with E-state index in [-0.39, 0.29) is 18.5 Å². The molecule has 0 bridgehead atoms. The molecule has 0 aromatic heterocycles. The van der Waals surface area contributed by atoms with Crippen molar-refractivity contribution in [2.45, 2.75) is 33.4 Å². The van der Waals surface area contributed by atoms with E-state index in [0.717, 1.165) is 15.7 Å². The van der Waals surface area contributed by atoms with Crippen LogP contribution in [-0.4, -0.2) is 25.6 Å². The van der Waals surface area contributed by atoms with Crippen molar-refractivity contribution in [3.05, 3.63) is 28.2 Å². The molecule has 0 aliphatic carbocycles. The quantitative estimate of drug-likeness (QED) is 0.800.